The molecule has 0 radical (unpaired) electrons. The molecule has 0 unspecified atom stereocenters. The molecule has 0 aromatic carbocycles. The third-order valence-corrected chi connectivity index (χ3v) is 4.43. The van der Waals surface area contributed by atoms with Crippen LogP contribution in [0.4, 0.5) is 0 Å². The van der Waals surface area contributed by atoms with E-state index < -0.39 is 0 Å². The van der Waals surface area contributed by atoms with Crippen molar-refractivity contribution in [2.75, 3.05) is 12.4 Å². The van der Waals surface area contributed by atoms with Gasteiger partial charge in [0, 0.05) is 4.75 Å². The standard InChI is InChI=1S/C13H25NO2S/c1-12(2,3)17-9-11(16)14-13(10-15)7-5-4-6-8-13/h15H,4-10H2,1-3H3,(H,14,16). The maximum absolute atomic E-state index is 11.9. The first-order chi connectivity index (χ1) is 7.87. The molecule has 4 heteroatoms. The molecule has 0 aliphatic heterocycles. The zero-order valence-corrected chi connectivity index (χ0v) is 12.0. The normalized spacial score (nSPS) is 20.0. The number of aliphatic hydroxyl groups is 1. The number of nitrogens with one attached hydrogen (secondary N) is 1. The van der Waals surface area contributed by atoms with Crippen molar-refractivity contribution in [3.63, 3.8) is 0 Å². The largest absolute Gasteiger partial charge is 0.394 e. The molecule has 0 atom stereocenters. The van der Waals surface area contributed by atoms with Gasteiger partial charge in [-0.15, -0.1) is 11.8 Å². The Morgan fingerprint density at radius 1 is 1.29 bits per heavy atom. The lowest BCUT2D eigenvalue weighted by molar-refractivity contribution is -0.121. The Balaban J connectivity index is 2.42. The Hall–Kier alpha value is -0.220. The van der Waals surface area contributed by atoms with E-state index in [0.717, 1.165) is 25.7 Å². The third kappa shape index (κ3) is 5.30. The zero-order valence-electron chi connectivity index (χ0n) is 11.2. The Bertz CT molecular complexity index is 255. The highest BCUT2D eigenvalue weighted by Gasteiger charge is 2.32. The van der Waals surface area contributed by atoms with Crippen LogP contribution in [-0.4, -0.2) is 33.7 Å². The Morgan fingerprint density at radius 2 is 1.88 bits per heavy atom. The number of amides is 1. The van der Waals surface area contributed by atoms with Crippen molar-refractivity contribution in [2.45, 2.75) is 63.2 Å². The predicted octanol–water partition coefficient (Wildman–Crippen LogP) is 2.33. The highest BCUT2D eigenvalue weighted by Crippen LogP contribution is 2.28. The van der Waals surface area contributed by atoms with Crippen molar-refractivity contribution < 1.29 is 9.90 Å². The van der Waals surface area contributed by atoms with Crippen LogP contribution in [0.3, 0.4) is 0 Å². The van der Waals surface area contributed by atoms with Crippen LogP contribution in [0.2, 0.25) is 0 Å². The lowest BCUT2D eigenvalue weighted by Crippen LogP contribution is -2.53. The number of hydrogen-bond acceptors (Lipinski definition) is 3. The highest BCUT2D eigenvalue weighted by molar-refractivity contribution is 8.01. The van der Waals surface area contributed by atoms with E-state index in [0.29, 0.717) is 5.75 Å². The van der Waals surface area contributed by atoms with Gasteiger partial charge in [0.15, 0.2) is 0 Å². The van der Waals surface area contributed by atoms with E-state index in [1.807, 2.05) is 0 Å². The van der Waals surface area contributed by atoms with E-state index in [1.165, 1.54) is 6.42 Å². The van der Waals surface area contributed by atoms with Crippen LogP contribution in [0.5, 0.6) is 0 Å². The molecule has 0 aromatic rings. The van der Waals surface area contributed by atoms with Crippen molar-refractivity contribution in [1.29, 1.82) is 0 Å². The van der Waals surface area contributed by atoms with Crippen molar-refractivity contribution >= 4 is 17.7 Å². The van der Waals surface area contributed by atoms with Crippen LogP contribution in [0.15, 0.2) is 0 Å². The molecule has 0 heterocycles. The summed E-state index contributed by atoms with van der Waals surface area (Å²) < 4.78 is 0.107. The second-order valence-electron chi connectivity index (χ2n) is 5.95. The van der Waals surface area contributed by atoms with Gasteiger partial charge in [0.05, 0.1) is 17.9 Å². The maximum Gasteiger partial charge on any atom is 0.230 e. The van der Waals surface area contributed by atoms with Crippen molar-refractivity contribution in [3.05, 3.63) is 0 Å². The summed E-state index contributed by atoms with van der Waals surface area (Å²) in [7, 11) is 0. The van der Waals surface area contributed by atoms with E-state index in [4.69, 9.17) is 0 Å². The van der Waals surface area contributed by atoms with Gasteiger partial charge >= 0.3 is 0 Å². The molecular weight excluding hydrogens is 234 g/mol. The molecule has 0 saturated heterocycles. The van der Waals surface area contributed by atoms with Crippen LogP contribution in [0, 0.1) is 0 Å². The number of aliphatic hydroxyl groups excluding tert-OH is 1. The first-order valence-corrected chi connectivity index (χ1v) is 7.41. The Kier molecular flexibility index (Phi) is 5.32. The van der Waals surface area contributed by atoms with Gasteiger partial charge in [0.2, 0.25) is 5.91 Å². The fourth-order valence-electron chi connectivity index (χ4n) is 2.17. The van der Waals surface area contributed by atoms with E-state index in [1.54, 1.807) is 11.8 Å². The summed E-state index contributed by atoms with van der Waals surface area (Å²) in [6.45, 7) is 6.38. The smallest absolute Gasteiger partial charge is 0.230 e. The van der Waals surface area contributed by atoms with Gasteiger partial charge in [0.1, 0.15) is 0 Å². The van der Waals surface area contributed by atoms with Gasteiger partial charge in [-0.2, -0.15) is 0 Å². The fourth-order valence-corrected chi connectivity index (χ4v) is 2.80. The molecule has 1 aliphatic carbocycles. The quantitative estimate of drug-likeness (QED) is 0.814. The molecule has 3 nitrogen and oxygen atoms in total. The molecule has 1 rings (SSSR count). The van der Waals surface area contributed by atoms with E-state index in [9.17, 15) is 9.90 Å². The van der Waals surface area contributed by atoms with Crippen LogP contribution in [0.25, 0.3) is 0 Å². The van der Waals surface area contributed by atoms with Crippen LogP contribution in [0.1, 0.15) is 52.9 Å². The molecule has 0 spiro atoms. The lowest BCUT2D eigenvalue weighted by atomic mass is 9.82. The number of thioether (sulfide) groups is 1. The van der Waals surface area contributed by atoms with Gasteiger partial charge in [-0.3, -0.25) is 4.79 Å². The molecule has 17 heavy (non-hydrogen) atoms. The molecule has 1 fully saturated rings. The number of carbonyl (C=O) groups excluding carboxylic acids is 1. The molecule has 2 N–H and O–H groups in total. The Morgan fingerprint density at radius 3 is 2.35 bits per heavy atom. The first-order valence-electron chi connectivity index (χ1n) is 6.43. The summed E-state index contributed by atoms with van der Waals surface area (Å²) in [5.74, 6) is 0.534. The predicted molar refractivity (Wildman–Crippen MR) is 73.3 cm³/mol. The van der Waals surface area contributed by atoms with Gasteiger partial charge in [-0.25, -0.2) is 0 Å². The summed E-state index contributed by atoms with van der Waals surface area (Å²) in [5.41, 5.74) is -0.340. The minimum atomic E-state index is -0.340. The highest BCUT2D eigenvalue weighted by atomic mass is 32.2. The van der Waals surface area contributed by atoms with Crippen LogP contribution < -0.4 is 5.32 Å². The Labute approximate surface area is 109 Å². The van der Waals surface area contributed by atoms with E-state index >= 15 is 0 Å². The zero-order chi connectivity index (χ0) is 12.9. The van der Waals surface area contributed by atoms with Crippen molar-refractivity contribution in [2.24, 2.45) is 0 Å². The second kappa shape index (κ2) is 6.10. The summed E-state index contributed by atoms with van der Waals surface area (Å²) in [4.78, 5) is 11.9. The minimum absolute atomic E-state index is 0.0564. The fraction of sp³-hybridized carbons (Fsp3) is 0.923. The molecule has 0 bridgehead atoms. The van der Waals surface area contributed by atoms with Crippen molar-refractivity contribution in [3.8, 4) is 0 Å². The third-order valence-electron chi connectivity index (χ3n) is 3.15. The SMILES string of the molecule is CC(C)(C)SCC(=O)NC1(CO)CCCCC1. The van der Waals surface area contributed by atoms with E-state index in [-0.39, 0.29) is 22.8 Å². The molecule has 1 saturated carbocycles. The summed E-state index contributed by atoms with van der Waals surface area (Å²) >= 11 is 1.65. The van der Waals surface area contributed by atoms with Gasteiger partial charge in [0.25, 0.3) is 0 Å². The van der Waals surface area contributed by atoms with Gasteiger partial charge < -0.3 is 10.4 Å². The van der Waals surface area contributed by atoms with Crippen molar-refractivity contribution in [1.82, 2.24) is 5.32 Å². The van der Waals surface area contributed by atoms with Gasteiger partial charge in [-0.1, -0.05) is 40.0 Å². The lowest BCUT2D eigenvalue weighted by Gasteiger charge is -2.36. The van der Waals surface area contributed by atoms with Gasteiger partial charge in [-0.05, 0) is 12.8 Å². The van der Waals surface area contributed by atoms with Crippen LogP contribution >= 0.6 is 11.8 Å². The maximum atomic E-state index is 11.9. The summed E-state index contributed by atoms with van der Waals surface area (Å²) in [6, 6.07) is 0. The minimum Gasteiger partial charge on any atom is -0.394 e. The number of rotatable bonds is 4. The number of carbonyl (C=O) groups is 1. The second-order valence-corrected chi connectivity index (χ2v) is 7.75. The molecule has 1 amide bonds. The number of hydrogen-bond donors (Lipinski definition) is 2. The first kappa shape index (κ1) is 14.8. The molecule has 1 aliphatic rings. The molecular formula is C13H25NO2S. The molecule has 100 valence electrons. The average molecular weight is 259 g/mol. The molecule has 0 aromatic heterocycles. The topological polar surface area (TPSA) is 49.3 Å². The summed E-state index contributed by atoms with van der Waals surface area (Å²) in [6.07, 6.45) is 5.25. The average Bonchev–Trinajstić information content (AvgIpc) is 2.27. The monoisotopic (exact) mass is 259 g/mol. The van der Waals surface area contributed by atoms with Crippen LogP contribution in [-0.2, 0) is 4.79 Å². The van der Waals surface area contributed by atoms with E-state index in [2.05, 4.69) is 26.1 Å². The summed E-state index contributed by atoms with van der Waals surface area (Å²) in [5, 5.41) is 12.5.